The highest BCUT2D eigenvalue weighted by molar-refractivity contribution is 5.80. The molecule has 3 aromatic rings. The minimum atomic E-state index is 0.223. The topological polar surface area (TPSA) is 66.2 Å². The highest BCUT2D eigenvalue weighted by Crippen LogP contribution is 2.19. The molecule has 0 fully saturated rings. The second-order valence-electron chi connectivity index (χ2n) is 2.83. The van der Waals surface area contributed by atoms with E-state index in [-0.39, 0.29) is 5.75 Å². The first kappa shape index (κ1) is 6.47. The van der Waals surface area contributed by atoms with Gasteiger partial charge < -0.3 is 5.11 Å². The summed E-state index contributed by atoms with van der Waals surface area (Å²) in [6.45, 7) is 0. The number of nitrogens with zero attached hydrogens (tertiary/aromatic N) is 3. The van der Waals surface area contributed by atoms with E-state index in [0.717, 1.165) is 11.0 Å². The van der Waals surface area contributed by atoms with Crippen molar-refractivity contribution in [3.63, 3.8) is 0 Å². The van der Waals surface area contributed by atoms with E-state index in [1.165, 1.54) is 0 Å². The van der Waals surface area contributed by atoms with Gasteiger partial charge in [-0.1, -0.05) is 0 Å². The summed E-state index contributed by atoms with van der Waals surface area (Å²) in [5.41, 5.74) is 1.69. The number of hydrogen-bond acceptors (Lipinski definition) is 3. The van der Waals surface area contributed by atoms with Crippen LogP contribution in [0.3, 0.4) is 0 Å². The van der Waals surface area contributed by atoms with Crippen LogP contribution < -0.4 is 0 Å². The van der Waals surface area contributed by atoms with Crippen molar-refractivity contribution in [1.82, 2.24) is 19.6 Å². The summed E-state index contributed by atoms with van der Waals surface area (Å²) in [5.74, 6) is 0.904. The van der Waals surface area contributed by atoms with Crippen molar-refractivity contribution in [2.24, 2.45) is 0 Å². The molecule has 64 valence electrons. The third-order valence-electron chi connectivity index (χ3n) is 2.01. The fraction of sp³-hybridized carbons (Fsp3) is 0. The fourth-order valence-corrected chi connectivity index (χ4v) is 1.43. The Kier molecular flexibility index (Phi) is 0.999. The number of hydrogen-bond donors (Lipinski definition) is 2. The number of benzene rings is 1. The van der Waals surface area contributed by atoms with Gasteiger partial charge in [0.2, 0.25) is 5.78 Å². The molecule has 0 aliphatic heterocycles. The summed E-state index contributed by atoms with van der Waals surface area (Å²) in [6, 6.07) is 5.06. The van der Waals surface area contributed by atoms with E-state index in [9.17, 15) is 5.11 Å². The fourth-order valence-electron chi connectivity index (χ4n) is 1.43. The Hall–Kier alpha value is -2.04. The van der Waals surface area contributed by atoms with E-state index in [2.05, 4.69) is 15.2 Å². The van der Waals surface area contributed by atoms with E-state index in [1.807, 2.05) is 4.40 Å². The van der Waals surface area contributed by atoms with E-state index < -0.39 is 0 Å². The van der Waals surface area contributed by atoms with Gasteiger partial charge in [0.05, 0.1) is 11.0 Å². The summed E-state index contributed by atoms with van der Waals surface area (Å²) < 4.78 is 1.83. The number of aromatic nitrogens is 4. The molecule has 5 nitrogen and oxygen atoms in total. The molecular weight excluding hydrogens is 168 g/mol. The van der Waals surface area contributed by atoms with Crippen LogP contribution in [0.15, 0.2) is 24.5 Å². The predicted octanol–water partition coefficient (Wildman–Crippen LogP) is 0.916. The Morgan fingerprint density at radius 2 is 2.31 bits per heavy atom. The molecule has 0 bridgehead atoms. The number of fused-ring (bicyclic) bond motifs is 3. The molecule has 0 atom stereocenters. The van der Waals surface area contributed by atoms with Crippen molar-refractivity contribution in [2.75, 3.05) is 0 Å². The van der Waals surface area contributed by atoms with Gasteiger partial charge in [-0.25, -0.2) is 10.1 Å². The van der Waals surface area contributed by atoms with Crippen LogP contribution in [0.25, 0.3) is 16.8 Å². The highest BCUT2D eigenvalue weighted by atomic mass is 16.3. The molecule has 0 spiro atoms. The molecule has 2 heterocycles. The monoisotopic (exact) mass is 174 g/mol. The molecule has 0 aliphatic rings. The van der Waals surface area contributed by atoms with Gasteiger partial charge in [0.1, 0.15) is 12.1 Å². The molecule has 2 aromatic heterocycles. The first-order chi connectivity index (χ1) is 6.34. The largest absolute Gasteiger partial charge is 0.508 e. The van der Waals surface area contributed by atoms with Gasteiger partial charge in [-0.05, 0) is 12.1 Å². The van der Waals surface area contributed by atoms with E-state index in [4.69, 9.17) is 0 Å². The lowest BCUT2D eigenvalue weighted by Gasteiger charge is -1.90. The Balaban J connectivity index is 2.59. The number of phenolic OH excluding ortho intramolecular Hbond substituents is 1. The van der Waals surface area contributed by atoms with Crippen molar-refractivity contribution in [1.29, 1.82) is 0 Å². The summed E-state index contributed by atoms with van der Waals surface area (Å²) in [4.78, 5) is 4.22. The van der Waals surface area contributed by atoms with Crippen LogP contribution in [-0.4, -0.2) is 24.7 Å². The average molecular weight is 174 g/mol. The lowest BCUT2D eigenvalue weighted by atomic mass is 10.3. The number of rotatable bonds is 0. The second kappa shape index (κ2) is 2.01. The van der Waals surface area contributed by atoms with Crippen molar-refractivity contribution in [2.45, 2.75) is 0 Å². The van der Waals surface area contributed by atoms with Gasteiger partial charge in [-0.15, -0.1) is 0 Å². The highest BCUT2D eigenvalue weighted by Gasteiger charge is 2.04. The van der Waals surface area contributed by atoms with Gasteiger partial charge in [0.15, 0.2) is 0 Å². The molecule has 3 rings (SSSR count). The standard InChI is InChI=1S/C8H6N4O/c13-5-1-2-7-6(3-5)10-8-11-9-4-12(7)8/h1-4,13H,(H,10,11). The number of nitrogens with one attached hydrogen (secondary N) is 1. The molecule has 1 aromatic carbocycles. The molecular formula is C8H6N4O. The normalized spacial score (nSPS) is 11.4. The summed E-state index contributed by atoms with van der Waals surface area (Å²) in [5, 5.41) is 15.8. The van der Waals surface area contributed by atoms with Crippen molar-refractivity contribution >= 4 is 16.8 Å². The number of aromatic hydroxyl groups is 1. The smallest absolute Gasteiger partial charge is 0.230 e. The third-order valence-corrected chi connectivity index (χ3v) is 2.01. The van der Waals surface area contributed by atoms with Crippen LogP contribution in [0.2, 0.25) is 0 Å². The Bertz CT molecular complexity index is 580. The number of phenols is 1. The van der Waals surface area contributed by atoms with Crippen LogP contribution in [0, 0.1) is 0 Å². The minimum absolute atomic E-state index is 0.223. The lowest BCUT2D eigenvalue weighted by molar-refractivity contribution is 0.476. The van der Waals surface area contributed by atoms with Gasteiger partial charge in [0, 0.05) is 6.07 Å². The van der Waals surface area contributed by atoms with Gasteiger partial charge in [-0.2, -0.15) is 5.10 Å². The summed E-state index contributed by atoms with van der Waals surface area (Å²) >= 11 is 0. The van der Waals surface area contributed by atoms with Crippen LogP contribution in [-0.2, 0) is 0 Å². The predicted molar refractivity (Wildman–Crippen MR) is 46.5 cm³/mol. The van der Waals surface area contributed by atoms with Crippen LogP contribution in [0.1, 0.15) is 0 Å². The zero-order valence-corrected chi connectivity index (χ0v) is 6.60. The van der Waals surface area contributed by atoms with Crippen molar-refractivity contribution in [3.05, 3.63) is 24.5 Å². The second-order valence-corrected chi connectivity index (χ2v) is 2.83. The molecule has 0 aliphatic carbocycles. The number of imidazole rings is 1. The molecule has 2 N–H and O–H groups in total. The minimum Gasteiger partial charge on any atom is -0.508 e. The zero-order valence-electron chi connectivity index (χ0n) is 6.60. The van der Waals surface area contributed by atoms with Crippen LogP contribution >= 0.6 is 0 Å². The molecule has 0 radical (unpaired) electrons. The molecule has 5 heteroatoms. The molecule has 0 amide bonds. The van der Waals surface area contributed by atoms with E-state index in [1.54, 1.807) is 24.5 Å². The summed E-state index contributed by atoms with van der Waals surface area (Å²) in [6.07, 6.45) is 1.65. The van der Waals surface area contributed by atoms with E-state index in [0.29, 0.717) is 5.78 Å². The quantitative estimate of drug-likeness (QED) is 0.532. The average Bonchev–Trinajstić information content (AvgIpc) is 2.62. The first-order valence-electron chi connectivity index (χ1n) is 3.85. The lowest BCUT2D eigenvalue weighted by Crippen LogP contribution is -1.75. The Morgan fingerprint density at radius 1 is 1.38 bits per heavy atom. The Labute approximate surface area is 72.6 Å². The van der Waals surface area contributed by atoms with Crippen molar-refractivity contribution < 1.29 is 5.11 Å². The maximum absolute atomic E-state index is 9.22. The first-order valence-corrected chi connectivity index (χ1v) is 3.85. The van der Waals surface area contributed by atoms with Gasteiger partial charge in [-0.3, -0.25) is 4.40 Å². The van der Waals surface area contributed by atoms with Crippen LogP contribution in [0.4, 0.5) is 0 Å². The van der Waals surface area contributed by atoms with Crippen LogP contribution in [0.5, 0.6) is 5.75 Å². The van der Waals surface area contributed by atoms with Gasteiger partial charge in [0.25, 0.3) is 0 Å². The molecule has 0 saturated carbocycles. The van der Waals surface area contributed by atoms with Crippen molar-refractivity contribution in [3.8, 4) is 5.75 Å². The number of aromatic amines is 1. The summed E-state index contributed by atoms with van der Waals surface area (Å²) in [7, 11) is 0. The third kappa shape index (κ3) is 0.752. The van der Waals surface area contributed by atoms with Gasteiger partial charge >= 0.3 is 0 Å². The van der Waals surface area contributed by atoms with E-state index >= 15 is 0 Å². The molecule has 13 heavy (non-hydrogen) atoms. The SMILES string of the molecule is Oc1ccc2c(c1)nc1[nH]ncn12. The number of H-pyrrole nitrogens is 1. The zero-order chi connectivity index (χ0) is 8.84. The Morgan fingerprint density at radius 3 is 3.23 bits per heavy atom. The molecule has 0 saturated heterocycles. The molecule has 0 unspecified atom stereocenters. The maximum atomic E-state index is 9.22. The maximum Gasteiger partial charge on any atom is 0.230 e.